The molecule has 0 radical (unpaired) electrons. The van der Waals surface area contributed by atoms with Gasteiger partial charge in [0, 0.05) is 5.38 Å². The summed E-state index contributed by atoms with van der Waals surface area (Å²) in [4.78, 5) is 20.3. The minimum atomic E-state index is -0.256. The Kier molecular flexibility index (Phi) is 5.37. The van der Waals surface area contributed by atoms with Crippen LogP contribution < -0.4 is 10.6 Å². The summed E-state index contributed by atoms with van der Waals surface area (Å²) < 4.78 is 0. The first-order chi connectivity index (χ1) is 9.67. The maximum atomic E-state index is 11.7. The molecule has 20 heavy (non-hydrogen) atoms. The van der Waals surface area contributed by atoms with E-state index in [2.05, 4.69) is 27.5 Å². The van der Waals surface area contributed by atoms with Crippen LogP contribution in [0, 0.1) is 6.92 Å². The van der Waals surface area contributed by atoms with Crippen molar-refractivity contribution in [1.29, 1.82) is 0 Å². The maximum absolute atomic E-state index is 11.7. The average molecular weight is 308 g/mol. The molecule has 5 nitrogen and oxygen atoms in total. The van der Waals surface area contributed by atoms with Gasteiger partial charge in [0.2, 0.25) is 0 Å². The number of amides is 2. The molecule has 106 valence electrons. The number of pyridine rings is 1. The van der Waals surface area contributed by atoms with Crippen molar-refractivity contribution in [2.24, 2.45) is 0 Å². The lowest BCUT2D eigenvalue weighted by atomic mass is 10.4. The number of nitrogens with one attached hydrogen (secondary N) is 2. The Labute approximate surface area is 126 Å². The third kappa shape index (κ3) is 4.50. The fourth-order valence-electron chi connectivity index (χ4n) is 1.52. The highest BCUT2D eigenvalue weighted by molar-refractivity contribution is 7.99. The highest BCUT2D eigenvalue weighted by Gasteiger charge is 2.04. The van der Waals surface area contributed by atoms with Crippen LogP contribution in [-0.4, -0.2) is 21.8 Å². The van der Waals surface area contributed by atoms with E-state index in [1.807, 2.05) is 24.4 Å². The predicted molar refractivity (Wildman–Crippen MR) is 83.3 cm³/mol. The lowest BCUT2D eigenvalue weighted by Gasteiger charge is -2.06. The van der Waals surface area contributed by atoms with Gasteiger partial charge in [0.25, 0.3) is 0 Å². The summed E-state index contributed by atoms with van der Waals surface area (Å²) in [7, 11) is 0. The van der Waals surface area contributed by atoms with Crippen LogP contribution in [0.2, 0.25) is 0 Å². The standard InChI is InChI=1S/C13H16N4OS2/c1-3-19-12-5-4-10(6-14-12)17-13(18)15-7-11-8-20-9(2)16-11/h4-6,8H,3,7H2,1-2H3,(H2,15,17,18). The molecule has 2 amide bonds. The molecule has 0 saturated carbocycles. The second-order valence-corrected chi connectivity index (χ2v) is 6.33. The Hall–Kier alpha value is -1.60. The van der Waals surface area contributed by atoms with Gasteiger partial charge in [-0.05, 0) is 24.8 Å². The van der Waals surface area contributed by atoms with Crippen LogP contribution in [-0.2, 0) is 6.54 Å². The van der Waals surface area contributed by atoms with Gasteiger partial charge in [-0.15, -0.1) is 23.1 Å². The third-order valence-corrected chi connectivity index (χ3v) is 4.03. The number of aromatic nitrogens is 2. The first-order valence-electron chi connectivity index (χ1n) is 6.22. The van der Waals surface area contributed by atoms with Crippen LogP contribution in [0.5, 0.6) is 0 Å². The van der Waals surface area contributed by atoms with E-state index in [9.17, 15) is 4.79 Å². The molecule has 0 aliphatic heterocycles. The van der Waals surface area contributed by atoms with E-state index >= 15 is 0 Å². The molecular formula is C13H16N4OS2. The molecule has 2 N–H and O–H groups in total. The van der Waals surface area contributed by atoms with Crippen molar-refractivity contribution < 1.29 is 4.79 Å². The minimum Gasteiger partial charge on any atom is -0.332 e. The Balaban J connectivity index is 1.81. The van der Waals surface area contributed by atoms with Gasteiger partial charge < -0.3 is 10.6 Å². The number of carbonyl (C=O) groups is 1. The Morgan fingerprint density at radius 2 is 2.30 bits per heavy atom. The number of hydrogen-bond donors (Lipinski definition) is 2. The number of hydrogen-bond acceptors (Lipinski definition) is 5. The zero-order valence-corrected chi connectivity index (χ0v) is 13.0. The molecule has 2 aromatic rings. The van der Waals surface area contributed by atoms with E-state index in [1.165, 1.54) is 0 Å². The summed E-state index contributed by atoms with van der Waals surface area (Å²) in [6.07, 6.45) is 1.66. The van der Waals surface area contributed by atoms with Crippen LogP contribution in [0.15, 0.2) is 28.7 Å². The van der Waals surface area contributed by atoms with Gasteiger partial charge in [0.05, 0.1) is 34.2 Å². The normalized spacial score (nSPS) is 10.3. The largest absolute Gasteiger partial charge is 0.332 e. The number of thioether (sulfide) groups is 1. The predicted octanol–water partition coefficient (Wildman–Crippen LogP) is 3.28. The zero-order valence-electron chi connectivity index (χ0n) is 11.3. The Morgan fingerprint density at radius 1 is 1.45 bits per heavy atom. The smallest absolute Gasteiger partial charge is 0.319 e. The topological polar surface area (TPSA) is 66.9 Å². The van der Waals surface area contributed by atoms with Crippen LogP contribution in [0.1, 0.15) is 17.6 Å². The van der Waals surface area contributed by atoms with Gasteiger partial charge in [0.1, 0.15) is 0 Å². The molecular weight excluding hydrogens is 292 g/mol. The van der Waals surface area contributed by atoms with Crippen LogP contribution in [0.25, 0.3) is 0 Å². The van der Waals surface area contributed by atoms with Gasteiger partial charge in [0.15, 0.2) is 0 Å². The van der Waals surface area contributed by atoms with Crippen molar-refractivity contribution >= 4 is 34.8 Å². The molecule has 0 unspecified atom stereocenters. The molecule has 0 aliphatic carbocycles. The molecule has 7 heteroatoms. The van der Waals surface area contributed by atoms with Crippen molar-refractivity contribution in [2.45, 2.75) is 25.4 Å². The van der Waals surface area contributed by atoms with Crippen molar-refractivity contribution in [1.82, 2.24) is 15.3 Å². The first kappa shape index (κ1) is 14.8. The van der Waals surface area contributed by atoms with Crippen molar-refractivity contribution in [2.75, 3.05) is 11.1 Å². The number of nitrogens with zero attached hydrogens (tertiary/aromatic N) is 2. The molecule has 0 bridgehead atoms. The first-order valence-corrected chi connectivity index (χ1v) is 8.08. The minimum absolute atomic E-state index is 0.256. The maximum Gasteiger partial charge on any atom is 0.319 e. The lowest BCUT2D eigenvalue weighted by Crippen LogP contribution is -2.28. The summed E-state index contributed by atoms with van der Waals surface area (Å²) in [5, 5.41) is 9.39. The molecule has 0 saturated heterocycles. The number of aryl methyl sites for hydroxylation is 1. The van der Waals surface area contributed by atoms with E-state index in [0.29, 0.717) is 12.2 Å². The molecule has 2 heterocycles. The molecule has 0 fully saturated rings. The number of anilines is 1. The fraction of sp³-hybridized carbons (Fsp3) is 0.308. The van der Waals surface area contributed by atoms with E-state index in [1.54, 1.807) is 29.3 Å². The molecule has 0 aromatic carbocycles. The monoisotopic (exact) mass is 308 g/mol. The Morgan fingerprint density at radius 3 is 2.90 bits per heavy atom. The van der Waals surface area contributed by atoms with Gasteiger partial charge in [-0.25, -0.2) is 14.8 Å². The quantitative estimate of drug-likeness (QED) is 0.832. The van der Waals surface area contributed by atoms with E-state index in [4.69, 9.17) is 0 Å². The SMILES string of the molecule is CCSc1ccc(NC(=O)NCc2csc(C)n2)cn1. The average Bonchev–Trinajstić information content (AvgIpc) is 2.85. The van der Waals surface area contributed by atoms with Gasteiger partial charge in [-0.3, -0.25) is 0 Å². The van der Waals surface area contributed by atoms with Gasteiger partial charge in [-0.2, -0.15) is 0 Å². The third-order valence-electron chi connectivity index (χ3n) is 2.38. The van der Waals surface area contributed by atoms with E-state index in [-0.39, 0.29) is 6.03 Å². The molecule has 0 atom stereocenters. The summed E-state index contributed by atoms with van der Waals surface area (Å²) in [5.41, 5.74) is 1.55. The lowest BCUT2D eigenvalue weighted by molar-refractivity contribution is 0.251. The molecule has 0 spiro atoms. The van der Waals surface area contributed by atoms with Crippen molar-refractivity contribution in [3.63, 3.8) is 0 Å². The van der Waals surface area contributed by atoms with Crippen molar-refractivity contribution in [3.8, 4) is 0 Å². The summed E-state index contributed by atoms with van der Waals surface area (Å²) >= 11 is 3.24. The van der Waals surface area contributed by atoms with E-state index < -0.39 is 0 Å². The summed E-state index contributed by atoms with van der Waals surface area (Å²) in [6.45, 7) is 4.44. The highest BCUT2D eigenvalue weighted by atomic mass is 32.2. The summed E-state index contributed by atoms with van der Waals surface area (Å²) in [6, 6.07) is 3.49. The fourth-order valence-corrected chi connectivity index (χ4v) is 2.72. The van der Waals surface area contributed by atoms with Gasteiger partial charge >= 0.3 is 6.03 Å². The second-order valence-electron chi connectivity index (χ2n) is 3.98. The van der Waals surface area contributed by atoms with E-state index in [0.717, 1.165) is 21.5 Å². The van der Waals surface area contributed by atoms with Gasteiger partial charge in [-0.1, -0.05) is 6.92 Å². The Bertz CT molecular complexity index is 568. The van der Waals surface area contributed by atoms with Crippen LogP contribution in [0.4, 0.5) is 10.5 Å². The number of carbonyl (C=O) groups excluding carboxylic acids is 1. The highest BCUT2D eigenvalue weighted by Crippen LogP contribution is 2.16. The molecule has 0 aliphatic rings. The number of thiazole rings is 1. The van der Waals surface area contributed by atoms with Crippen LogP contribution in [0.3, 0.4) is 0 Å². The number of urea groups is 1. The number of rotatable bonds is 5. The summed E-state index contributed by atoms with van der Waals surface area (Å²) in [5.74, 6) is 0.979. The second kappa shape index (κ2) is 7.25. The van der Waals surface area contributed by atoms with Crippen molar-refractivity contribution in [3.05, 3.63) is 34.4 Å². The zero-order chi connectivity index (χ0) is 14.4. The van der Waals surface area contributed by atoms with Crippen LogP contribution >= 0.6 is 23.1 Å². The molecule has 2 aromatic heterocycles. The molecule has 2 rings (SSSR count).